The summed E-state index contributed by atoms with van der Waals surface area (Å²) in [6, 6.07) is 13.5. The van der Waals surface area contributed by atoms with E-state index in [-0.39, 0.29) is 12.0 Å². The lowest BCUT2D eigenvalue weighted by atomic mass is 10.1. The van der Waals surface area contributed by atoms with Crippen LogP contribution in [0.1, 0.15) is 24.5 Å². The summed E-state index contributed by atoms with van der Waals surface area (Å²) in [5.41, 5.74) is 2.19. The molecule has 0 bridgehead atoms. The molecular weight excluding hydrogens is 330 g/mol. The van der Waals surface area contributed by atoms with Crippen LogP contribution >= 0.6 is 0 Å². The third-order valence-electron chi connectivity index (χ3n) is 4.33. The molecule has 2 aromatic rings. The van der Waals surface area contributed by atoms with Gasteiger partial charge in [0.25, 0.3) is 5.91 Å². The second-order valence-electron chi connectivity index (χ2n) is 6.53. The quantitative estimate of drug-likeness (QED) is 0.863. The van der Waals surface area contributed by atoms with E-state index in [0.717, 1.165) is 17.1 Å². The molecule has 26 heavy (non-hydrogen) atoms. The van der Waals surface area contributed by atoms with E-state index in [2.05, 4.69) is 5.32 Å². The highest BCUT2D eigenvalue weighted by molar-refractivity contribution is 5.81. The smallest absolute Gasteiger partial charge is 0.261 e. The van der Waals surface area contributed by atoms with Crippen LogP contribution in [0.4, 0.5) is 0 Å². The number of ether oxygens (including phenoxy) is 3. The number of hydrogen-bond acceptors (Lipinski definition) is 4. The molecular formula is C21H25NO4. The van der Waals surface area contributed by atoms with Crippen LogP contribution in [0, 0.1) is 13.8 Å². The Hall–Kier alpha value is -2.69. The molecule has 1 aliphatic heterocycles. The summed E-state index contributed by atoms with van der Waals surface area (Å²) < 4.78 is 17.5. The van der Waals surface area contributed by atoms with Gasteiger partial charge in [-0.2, -0.15) is 0 Å². The van der Waals surface area contributed by atoms with Gasteiger partial charge in [-0.3, -0.25) is 4.79 Å². The molecule has 138 valence electrons. The van der Waals surface area contributed by atoms with Crippen molar-refractivity contribution in [2.75, 3.05) is 13.2 Å². The van der Waals surface area contributed by atoms with Gasteiger partial charge in [-0.15, -0.1) is 0 Å². The maximum atomic E-state index is 12.5. The molecule has 3 rings (SSSR count). The fraction of sp³-hybridized carbons (Fsp3) is 0.381. The molecule has 0 aromatic heterocycles. The first-order valence-corrected chi connectivity index (χ1v) is 8.97. The van der Waals surface area contributed by atoms with Crippen LogP contribution in [0.15, 0.2) is 42.5 Å². The van der Waals surface area contributed by atoms with E-state index >= 15 is 0 Å². The third kappa shape index (κ3) is 4.28. The van der Waals surface area contributed by atoms with Gasteiger partial charge >= 0.3 is 0 Å². The second kappa shape index (κ2) is 8.13. The maximum Gasteiger partial charge on any atom is 0.261 e. The van der Waals surface area contributed by atoms with Gasteiger partial charge in [-0.25, -0.2) is 0 Å². The Bertz CT molecular complexity index is 774. The molecule has 5 nitrogen and oxygen atoms in total. The Labute approximate surface area is 154 Å². The van der Waals surface area contributed by atoms with Crippen LogP contribution in [-0.2, 0) is 4.79 Å². The molecule has 1 N–H and O–H groups in total. The highest BCUT2D eigenvalue weighted by atomic mass is 16.6. The normalized spacial score (nSPS) is 16.7. The molecule has 2 aromatic carbocycles. The van der Waals surface area contributed by atoms with E-state index in [4.69, 9.17) is 14.2 Å². The highest BCUT2D eigenvalue weighted by Crippen LogP contribution is 2.30. The first kappa shape index (κ1) is 18.1. The summed E-state index contributed by atoms with van der Waals surface area (Å²) in [5.74, 6) is 2.04. The average molecular weight is 355 g/mol. The van der Waals surface area contributed by atoms with E-state index in [1.807, 2.05) is 63.2 Å². The molecule has 0 radical (unpaired) electrons. The largest absolute Gasteiger partial charge is 0.486 e. The Morgan fingerprint density at radius 1 is 1.23 bits per heavy atom. The Kier molecular flexibility index (Phi) is 5.66. The lowest BCUT2D eigenvalue weighted by Crippen LogP contribution is -2.45. The molecule has 0 fully saturated rings. The van der Waals surface area contributed by atoms with Gasteiger partial charge in [-0.05, 0) is 44.0 Å². The van der Waals surface area contributed by atoms with Crippen LogP contribution in [-0.4, -0.2) is 31.3 Å². The van der Waals surface area contributed by atoms with Crippen molar-refractivity contribution in [3.05, 3.63) is 53.6 Å². The van der Waals surface area contributed by atoms with Crippen LogP contribution in [0.2, 0.25) is 0 Å². The molecule has 0 aliphatic carbocycles. The maximum absolute atomic E-state index is 12.5. The molecule has 0 saturated carbocycles. The summed E-state index contributed by atoms with van der Waals surface area (Å²) in [7, 11) is 0. The van der Waals surface area contributed by atoms with Crippen LogP contribution in [0.5, 0.6) is 17.2 Å². The van der Waals surface area contributed by atoms with Gasteiger partial charge in [-0.1, -0.05) is 36.8 Å². The SMILES string of the molecule is CC[C@@H](Oc1ccc(C)cc1C)C(=O)NC[C@@H]1COc2ccccc2O1. The molecule has 0 unspecified atom stereocenters. The summed E-state index contributed by atoms with van der Waals surface area (Å²) >= 11 is 0. The summed E-state index contributed by atoms with van der Waals surface area (Å²) in [4.78, 5) is 12.5. The average Bonchev–Trinajstić information content (AvgIpc) is 2.65. The number of hydrogen-bond donors (Lipinski definition) is 1. The van der Waals surface area contributed by atoms with Gasteiger partial charge in [0.05, 0.1) is 6.54 Å². The predicted molar refractivity (Wildman–Crippen MR) is 100.0 cm³/mol. The van der Waals surface area contributed by atoms with Crippen molar-refractivity contribution < 1.29 is 19.0 Å². The Morgan fingerprint density at radius 3 is 2.73 bits per heavy atom. The molecule has 1 aliphatic rings. The van der Waals surface area contributed by atoms with Crippen molar-refractivity contribution in [3.63, 3.8) is 0 Å². The lowest BCUT2D eigenvalue weighted by molar-refractivity contribution is -0.128. The van der Waals surface area contributed by atoms with Crippen LogP contribution in [0.3, 0.4) is 0 Å². The van der Waals surface area contributed by atoms with E-state index in [1.54, 1.807) is 0 Å². The van der Waals surface area contributed by atoms with Crippen molar-refractivity contribution in [3.8, 4) is 17.2 Å². The molecule has 0 saturated heterocycles. The minimum absolute atomic E-state index is 0.144. The fourth-order valence-corrected chi connectivity index (χ4v) is 2.90. The molecule has 5 heteroatoms. The van der Waals surface area contributed by atoms with Crippen molar-refractivity contribution >= 4 is 5.91 Å². The monoisotopic (exact) mass is 355 g/mol. The first-order valence-electron chi connectivity index (χ1n) is 8.97. The molecule has 2 atom stereocenters. The standard InChI is InChI=1S/C21H25NO4/c1-4-17(26-18-10-9-14(2)11-15(18)3)21(23)22-12-16-13-24-19-7-5-6-8-20(19)25-16/h5-11,16-17H,4,12-13H2,1-3H3,(H,22,23)/t16-,17-/m1/s1. The molecule has 0 spiro atoms. The second-order valence-corrected chi connectivity index (χ2v) is 6.53. The number of carbonyl (C=O) groups is 1. The number of nitrogens with one attached hydrogen (secondary N) is 1. The number of aryl methyl sites for hydroxylation is 2. The number of fused-ring (bicyclic) bond motifs is 1. The van der Waals surface area contributed by atoms with Gasteiger partial charge in [0.15, 0.2) is 17.6 Å². The lowest BCUT2D eigenvalue weighted by Gasteiger charge is -2.27. The summed E-state index contributed by atoms with van der Waals surface area (Å²) in [6.07, 6.45) is -0.162. The van der Waals surface area contributed by atoms with Crippen LogP contribution in [0.25, 0.3) is 0 Å². The summed E-state index contributed by atoms with van der Waals surface area (Å²) in [5, 5.41) is 2.92. The Balaban J connectivity index is 1.55. The number of amides is 1. The van der Waals surface area contributed by atoms with Crippen LogP contribution < -0.4 is 19.5 Å². The number of benzene rings is 2. The van der Waals surface area contributed by atoms with Gasteiger partial charge < -0.3 is 19.5 Å². The van der Waals surface area contributed by atoms with E-state index in [0.29, 0.717) is 25.3 Å². The zero-order valence-electron chi connectivity index (χ0n) is 15.5. The zero-order valence-corrected chi connectivity index (χ0v) is 15.5. The summed E-state index contributed by atoms with van der Waals surface area (Å²) in [6.45, 7) is 6.74. The molecule has 1 heterocycles. The van der Waals surface area contributed by atoms with Crippen molar-refractivity contribution in [2.45, 2.75) is 39.4 Å². The van der Waals surface area contributed by atoms with Gasteiger partial charge in [0, 0.05) is 0 Å². The van der Waals surface area contributed by atoms with E-state index in [9.17, 15) is 4.79 Å². The fourth-order valence-electron chi connectivity index (χ4n) is 2.90. The van der Waals surface area contributed by atoms with Gasteiger partial charge in [0.2, 0.25) is 0 Å². The highest BCUT2D eigenvalue weighted by Gasteiger charge is 2.24. The van der Waals surface area contributed by atoms with Gasteiger partial charge in [0.1, 0.15) is 18.5 Å². The van der Waals surface area contributed by atoms with E-state index in [1.165, 1.54) is 5.56 Å². The van der Waals surface area contributed by atoms with Crippen molar-refractivity contribution in [2.24, 2.45) is 0 Å². The topological polar surface area (TPSA) is 56.8 Å². The Morgan fingerprint density at radius 2 is 2.00 bits per heavy atom. The van der Waals surface area contributed by atoms with Crippen molar-refractivity contribution in [1.29, 1.82) is 0 Å². The number of para-hydroxylation sites is 2. The number of carbonyl (C=O) groups excluding carboxylic acids is 1. The zero-order chi connectivity index (χ0) is 18.5. The third-order valence-corrected chi connectivity index (χ3v) is 4.33. The number of rotatable bonds is 6. The van der Waals surface area contributed by atoms with E-state index < -0.39 is 6.10 Å². The van der Waals surface area contributed by atoms with Crippen molar-refractivity contribution in [1.82, 2.24) is 5.32 Å². The minimum atomic E-state index is -0.534. The molecule has 1 amide bonds. The first-order chi connectivity index (χ1) is 12.6. The predicted octanol–water partition coefficient (Wildman–Crippen LogP) is 3.42. The minimum Gasteiger partial charge on any atom is -0.486 e.